The quantitative estimate of drug-likeness (QED) is 0.562. The molecular formula is C25H35NO4. The van der Waals surface area contributed by atoms with Crippen LogP contribution in [0.3, 0.4) is 0 Å². The molecule has 2 amide bonds. The predicted molar refractivity (Wildman–Crippen MR) is 119 cm³/mol. The number of benzene rings is 1. The zero-order valence-electron chi connectivity index (χ0n) is 18.6. The van der Waals surface area contributed by atoms with Crippen LogP contribution in [-0.4, -0.2) is 40.8 Å². The summed E-state index contributed by atoms with van der Waals surface area (Å²) in [5.41, 5.74) is 1.80. The van der Waals surface area contributed by atoms with Crippen LogP contribution in [0, 0.1) is 17.8 Å². The first kappa shape index (κ1) is 23.9. The highest BCUT2D eigenvalue weighted by atomic mass is 16.6. The van der Waals surface area contributed by atoms with Crippen molar-refractivity contribution >= 4 is 12.0 Å². The van der Waals surface area contributed by atoms with E-state index in [2.05, 4.69) is 20.4 Å². The van der Waals surface area contributed by atoms with Crippen molar-refractivity contribution in [1.29, 1.82) is 0 Å². The van der Waals surface area contributed by atoms with Crippen LogP contribution in [0.1, 0.15) is 46.1 Å². The lowest BCUT2D eigenvalue weighted by Crippen LogP contribution is -2.48. The van der Waals surface area contributed by atoms with Crippen molar-refractivity contribution in [3.63, 3.8) is 0 Å². The molecule has 0 spiro atoms. The third-order valence-corrected chi connectivity index (χ3v) is 5.73. The lowest BCUT2D eigenvalue weighted by atomic mass is 9.84. The average molecular weight is 414 g/mol. The highest BCUT2D eigenvalue weighted by Crippen LogP contribution is 2.28. The minimum absolute atomic E-state index is 0.162. The summed E-state index contributed by atoms with van der Waals surface area (Å²) in [6.07, 6.45) is 4.38. The Labute approximate surface area is 180 Å². The molecule has 5 heteroatoms. The highest BCUT2D eigenvalue weighted by molar-refractivity contribution is 5.96. The number of cyclic esters (lactones) is 1. The molecule has 1 fully saturated rings. The molecule has 4 atom stereocenters. The molecule has 1 aliphatic rings. The molecule has 0 aromatic heterocycles. The Bertz CT molecular complexity index is 756. The van der Waals surface area contributed by atoms with Crippen LogP contribution in [0.25, 0.3) is 0 Å². The molecule has 1 saturated heterocycles. The van der Waals surface area contributed by atoms with Crippen LogP contribution < -0.4 is 0 Å². The summed E-state index contributed by atoms with van der Waals surface area (Å²) < 4.78 is 5.23. The summed E-state index contributed by atoms with van der Waals surface area (Å²) in [6, 6.07) is 9.34. The number of imide groups is 1. The van der Waals surface area contributed by atoms with Gasteiger partial charge in [-0.1, -0.05) is 68.8 Å². The van der Waals surface area contributed by atoms with Gasteiger partial charge in [-0.2, -0.15) is 0 Å². The SMILES string of the molecule is C=C[C@@H](C)[C@@H](O)[C@@H](C(=O)N1C(=O)OC[C@H]1Cc1ccccc1)/C(C)=C/CCC(C)C. The number of amides is 2. The van der Waals surface area contributed by atoms with Gasteiger partial charge in [-0.25, -0.2) is 9.69 Å². The topological polar surface area (TPSA) is 66.8 Å². The molecular weight excluding hydrogens is 378 g/mol. The number of hydrogen-bond acceptors (Lipinski definition) is 4. The third-order valence-electron chi connectivity index (χ3n) is 5.73. The van der Waals surface area contributed by atoms with Gasteiger partial charge in [0.2, 0.25) is 5.91 Å². The Morgan fingerprint density at radius 1 is 1.30 bits per heavy atom. The first-order valence-corrected chi connectivity index (χ1v) is 10.8. The van der Waals surface area contributed by atoms with Gasteiger partial charge in [-0.3, -0.25) is 4.79 Å². The summed E-state index contributed by atoms with van der Waals surface area (Å²) >= 11 is 0. The van der Waals surface area contributed by atoms with Crippen molar-refractivity contribution in [1.82, 2.24) is 4.90 Å². The molecule has 164 valence electrons. The summed E-state index contributed by atoms with van der Waals surface area (Å²) in [5, 5.41) is 10.9. The molecule has 2 rings (SSSR count). The molecule has 1 aromatic carbocycles. The van der Waals surface area contributed by atoms with E-state index in [-0.39, 0.29) is 18.6 Å². The number of aliphatic hydroxyl groups excluding tert-OH is 1. The van der Waals surface area contributed by atoms with Crippen molar-refractivity contribution in [2.24, 2.45) is 17.8 Å². The van der Waals surface area contributed by atoms with Gasteiger partial charge < -0.3 is 9.84 Å². The molecule has 1 aromatic rings. The summed E-state index contributed by atoms with van der Waals surface area (Å²) in [6.45, 7) is 11.9. The van der Waals surface area contributed by atoms with Gasteiger partial charge in [-0.05, 0) is 37.7 Å². The van der Waals surface area contributed by atoms with Gasteiger partial charge in [0.15, 0.2) is 0 Å². The summed E-state index contributed by atoms with van der Waals surface area (Å²) in [5.74, 6) is -0.963. The van der Waals surface area contributed by atoms with E-state index in [1.54, 1.807) is 6.08 Å². The van der Waals surface area contributed by atoms with Gasteiger partial charge in [0.1, 0.15) is 6.61 Å². The fraction of sp³-hybridized carbons (Fsp3) is 0.520. The fourth-order valence-electron chi connectivity index (χ4n) is 3.74. The second-order valence-electron chi connectivity index (χ2n) is 8.61. The second-order valence-corrected chi connectivity index (χ2v) is 8.61. The molecule has 0 saturated carbocycles. The Morgan fingerprint density at radius 2 is 1.97 bits per heavy atom. The number of aliphatic hydroxyl groups is 1. The van der Waals surface area contributed by atoms with Crippen LogP contribution in [0.4, 0.5) is 4.79 Å². The molecule has 1 aliphatic heterocycles. The number of carbonyl (C=O) groups is 2. The fourth-order valence-corrected chi connectivity index (χ4v) is 3.74. The minimum Gasteiger partial charge on any atom is -0.447 e. The van der Waals surface area contributed by atoms with E-state index in [0.717, 1.165) is 24.0 Å². The first-order valence-electron chi connectivity index (χ1n) is 10.8. The summed E-state index contributed by atoms with van der Waals surface area (Å²) in [7, 11) is 0. The molecule has 0 bridgehead atoms. The predicted octanol–water partition coefficient (Wildman–Crippen LogP) is 4.76. The minimum atomic E-state index is -0.962. The van der Waals surface area contributed by atoms with Crippen LogP contribution >= 0.6 is 0 Å². The van der Waals surface area contributed by atoms with E-state index in [1.807, 2.05) is 50.3 Å². The molecule has 1 heterocycles. The number of nitrogens with zero attached hydrogens (tertiary/aromatic N) is 1. The zero-order valence-corrected chi connectivity index (χ0v) is 18.6. The molecule has 30 heavy (non-hydrogen) atoms. The van der Waals surface area contributed by atoms with Crippen LogP contribution in [0.5, 0.6) is 0 Å². The molecule has 0 radical (unpaired) electrons. The summed E-state index contributed by atoms with van der Waals surface area (Å²) in [4.78, 5) is 27.2. The number of carbonyl (C=O) groups excluding carboxylic acids is 2. The zero-order chi connectivity index (χ0) is 22.3. The third kappa shape index (κ3) is 6.05. The van der Waals surface area contributed by atoms with Gasteiger partial charge in [0.25, 0.3) is 0 Å². The molecule has 0 unspecified atom stereocenters. The Kier molecular flexibility index (Phi) is 8.85. The van der Waals surface area contributed by atoms with Crippen LogP contribution in [0.2, 0.25) is 0 Å². The van der Waals surface area contributed by atoms with Crippen LogP contribution in [0.15, 0.2) is 54.6 Å². The maximum absolute atomic E-state index is 13.5. The van der Waals surface area contributed by atoms with Gasteiger partial charge in [-0.15, -0.1) is 6.58 Å². The average Bonchev–Trinajstić information content (AvgIpc) is 3.07. The van der Waals surface area contributed by atoms with E-state index in [9.17, 15) is 14.7 Å². The largest absolute Gasteiger partial charge is 0.447 e. The van der Waals surface area contributed by atoms with Crippen molar-refractivity contribution in [2.75, 3.05) is 6.61 Å². The van der Waals surface area contributed by atoms with Crippen molar-refractivity contribution in [3.8, 4) is 0 Å². The lowest BCUT2D eigenvalue weighted by molar-refractivity contribution is -0.136. The maximum atomic E-state index is 13.5. The maximum Gasteiger partial charge on any atom is 0.417 e. The van der Waals surface area contributed by atoms with Crippen molar-refractivity contribution in [2.45, 2.75) is 59.1 Å². The number of allylic oxidation sites excluding steroid dienone is 1. The normalized spacial score (nSPS) is 20.1. The van der Waals surface area contributed by atoms with Crippen molar-refractivity contribution in [3.05, 3.63) is 60.2 Å². The van der Waals surface area contributed by atoms with E-state index < -0.39 is 24.0 Å². The number of hydrogen-bond donors (Lipinski definition) is 1. The van der Waals surface area contributed by atoms with E-state index in [4.69, 9.17) is 4.74 Å². The van der Waals surface area contributed by atoms with Crippen molar-refractivity contribution < 1.29 is 19.4 Å². The standard InChI is InChI=1S/C25H35NO4/c1-6-18(4)23(27)22(19(5)12-10-11-17(2)3)24(28)26-21(16-30-25(26)29)15-20-13-8-7-9-14-20/h6-9,12-14,17-18,21-23,27H,1,10-11,15-16H2,2-5H3/b19-12+/t18-,21-,22+,23-/m1/s1. The van der Waals surface area contributed by atoms with E-state index >= 15 is 0 Å². The van der Waals surface area contributed by atoms with E-state index in [1.165, 1.54) is 4.90 Å². The smallest absolute Gasteiger partial charge is 0.417 e. The Morgan fingerprint density at radius 3 is 2.57 bits per heavy atom. The highest BCUT2D eigenvalue weighted by Gasteiger charge is 2.43. The Balaban J connectivity index is 2.29. The van der Waals surface area contributed by atoms with Gasteiger partial charge in [0.05, 0.1) is 18.1 Å². The van der Waals surface area contributed by atoms with E-state index in [0.29, 0.717) is 12.3 Å². The monoisotopic (exact) mass is 413 g/mol. The Hall–Kier alpha value is -2.40. The number of ether oxygens (including phenoxy) is 1. The number of rotatable bonds is 10. The lowest BCUT2D eigenvalue weighted by Gasteiger charge is -2.30. The van der Waals surface area contributed by atoms with Crippen LogP contribution in [-0.2, 0) is 16.0 Å². The van der Waals surface area contributed by atoms with Gasteiger partial charge in [0, 0.05) is 5.92 Å². The molecule has 5 nitrogen and oxygen atoms in total. The molecule has 1 N–H and O–H groups in total. The molecule has 0 aliphatic carbocycles. The van der Waals surface area contributed by atoms with Gasteiger partial charge >= 0.3 is 6.09 Å². The second kappa shape index (κ2) is 11.1. The first-order chi connectivity index (χ1) is 14.3.